The van der Waals surface area contributed by atoms with Crippen LogP contribution < -0.4 is 10.3 Å². The second-order valence-electron chi connectivity index (χ2n) is 6.12. The molecule has 158 valence electrons. The quantitative estimate of drug-likeness (QED) is 0.522. The van der Waals surface area contributed by atoms with Crippen LogP contribution >= 0.6 is 11.6 Å². The van der Waals surface area contributed by atoms with Crippen molar-refractivity contribution in [2.24, 2.45) is 16.1 Å². The Morgan fingerprint density at radius 1 is 1.41 bits per heavy atom. The van der Waals surface area contributed by atoms with Crippen LogP contribution in [0.4, 0.5) is 18.0 Å². The molecule has 1 unspecified atom stereocenters. The number of hydrogen-bond donors (Lipinski definition) is 1. The molecule has 2 rings (SSSR count). The molecule has 1 amide bonds. The summed E-state index contributed by atoms with van der Waals surface area (Å²) in [6.07, 6.45) is -4.01. The normalized spacial score (nSPS) is 17.2. The zero-order chi connectivity index (χ0) is 21.6. The first-order chi connectivity index (χ1) is 13.6. The van der Waals surface area contributed by atoms with Crippen LogP contribution in [0.1, 0.15) is 25.8 Å². The standard InChI is InChI=1S/C18H19ClF3N3O4/c1-10-4-7-16(18(20,21)22)23-14(10)9-28-24-11(2)12-5-6-13(19)15(8-12)29-25-17(26)27-3/h5-8,10H,4,9H2,1-3H3,(H,25,26)/b24-11+. The summed E-state index contributed by atoms with van der Waals surface area (Å²) in [4.78, 5) is 25.0. The number of nitrogens with zero attached hydrogens (tertiary/aromatic N) is 2. The van der Waals surface area contributed by atoms with Crippen molar-refractivity contribution >= 4 is 29.1 Å². The molecule has 1 aromatic rings. The summed E-state index contributed by atoms with van der Waals surface area (Å²) in [5.41, 5.74) is 2.35. The third-order valence-electron chi connectivity index (χ3n) is 3.98. The summed E-state index contributed by atoms with van der Waals surface area (Å²) in [6.45, 7) is 3.22. The summed E-state index contributed by atoms with van der Waals surface area (Å²) >= 11 is 6.00. The molecule has 1 atom stereocenters. The van der Waals surface area contributed by atoms with Gasteiger partial charge in [-0.2, -0.15) is 18.7 Å². The minimum absolute atomic E-state index is 0.148. The SMILES string of the molecule is COC(=O)NOc1cc(/C(C)=N/OCC2=NC(C(F)(F)F)=CCC2C)ccc1Cl. The van der Waals surface area contributed by atoms with Crippen molar-refractivity contribution in [2.75, 3.05) is 13.7 Å². The lowest BCUT2D eigenvalue weighted by Crippen LogP contribution is -2.26. The molecule has 0 aliphatic carbocycles. The number of amides is 1. The predicted molar refractivity (Wildman–Crippen MR) is 101 cm³/mol. The first-order valence-corrected chi connectivity index (χ1v) is 8.81. The van der Waals surface area contributed by atoms with E-state index in [2.05, 4.69) is 14.9 Å². The van der Waals surface area contributed by atoms with Crippen LogP contribution in [0.3, 0.4) is 0 Å². The lowest BCUT2D eigenvalue weighted by atomic mass is 9.98. The molecule has 0 spiro atoms. The second kappa shape index (κ2) is 9.64. The highest BCUT2D eigenvalue weighted by Crippen LogP contribution is 2.31. The molecule has 1 aliphatic heterocycles. The number of alkyl halides is 3. The third kappa shape index (κ3) is 6.38. The molecule has 0 radical (unpaired) electrons. The van der Waals surface area contributed by atoms with Gasteiger partial charge in [-0.3, -0.25) is 0 Å². The van der Waals surface area contributed by atoms with Crippen molar-refractivity contribution in [2.45, 2.75) is 26.4 Å². The molecular weight excluding hydrogens is 415 g/mol. The van der Waals surface area contributed by atoms with Crippen molar-refractivity contribution in [3.63, 3.8) is 0 Å². The Hall–Kier alpha value is -2.75. The van der Waals surface area contributed by atoms with Crippen LogP contribution in [-0.2, 0) is 9.57 Å². The molecule has 1 aliphatic rings. The number of ether oxygens (including phenoxy) is 1. The van der Waals surface area contributed by atoms with Gasteiger partial charge < -0.3 is 14.4 Å². The molecule has 11 heteroatoms. The zero-order valence-electron chi connectivity index (χ0n) is 15.8. The van der Waals surface area contributed by atoms with E-state index in [9.17, 15) is 18.0 Å². The van der Waals surface area contributed by atoms with E-state index < -0.39 is 18.0 Å². The highest BCUT2D eigenvalue weighted by molar-refractivity contribution is 6.32. The molecule has 0 saturated heterocycles. The number of carbonyl (C=O) groups is 1. The van der Waals surface area contributed by atoms with E-state index in [1.54, 1.807) is 19.9 Å². The van der Waals surface area contributed by atoms with Crippen LogP contribution in [-0.4, -0.2) is 37.4 Å². The zero-order valence-corrected chi connectivity index (χ0v) is 16.6. The van der Waals surface area contributed by atoms with E-state index in [-0.39, 0.29) is 35.4 Å². The van der Waals surface area contributed by atoms with Gasteiger partial charge in [-0.1, -0.05) is 35.8 Å². The molecule has 0 saturated carbocycles. The van der Waals surface area contributed by atoms with E-state index in [4.69, 9.17) is 21.3 Å². The molecule has 1 aromatic carbocycles. The van der Waals surface area contributed by atoms with E-state index in [0.29, 0.717) is 11.3 Å². The van der Waals surface area contributed by atoms with E-state index in [1.807, 2.05) is 5.48 Å². The third-order valence-corrected chi connectivity index (χ3v) is 4.29. The lowest BCUT2D eigenvalue weighted by molar-refractivity contribution is -0.0929. The van der Waals surface area contributed by atoms with E-state index in [1.165, 1.54) is 19.2 Å². The molecular formula is C18H19ClF3N3O4. The van der Waals surface area contributed by atoms with Crippen LogP contribution in [0.15, 0.2) is 40.1 Å². The van der Waals surface area contributed by atoms with Crippen LogP contribution in [0.2, 0.25) is 5.02 Å². The van der Waals surface area contributed by atoms with Crippen molar-refractivity contribution < 1.29 is 32.4 Å². The summed E-state index contributed by atoms with van der Waals surface area (Å²) in [5.74, 6) is -0.0362. The average molecular weight is 434 g/mol. The fourth-order valence-corrected chi connectivity index (χ4v) is 2.44. The van der Waals surface area contributed by atoms with Gasteiger partial charge in [0.15, 0.2) is 12.4 Å². The smallest absolute Gasteiger partial charge is 0.440 e. The Morgan fingerprint density at radius 2 is 2.14 bits per heavy atom. The number of oxime groups is 1. The van der Waals surface area contributed by atoms with Crippen molar-refractivity contribution in [1.29, 1.82) is 0 Å². The molecule has 1 N–H and O–H groups in total. The highest BCUT2D eigenvalue weighted by Gasteiger charge is 2.36. The number of halogens is 4. The number of hydroxylamine groups is 1. The van der Waals surface area contributed by atoms with Gasteiger partial charge in [-0.05, 0) is 25.5 Å². The Morgan fingerprint density at radius 3 is 2.79 bits per heavy atom. The number of nitrogens with one attached hydrogen (secondary N) is 1. The lowest BCUT2D eigenvalue weighted by Gasteiger charge is -2.19. The highest BCUT2D eigenvalue weighted by atomic mass is 35.5. The largest absolute Gasteiger partial charge is 0.451 e. The maximum atomic E-state index is 12.8. The minimum Gasteiger partial charge on any atom is -0.451 e. The summed E-state index contributed by atoms with van der Waals surface area (Å²) in [7, 11) is 1.18. The number of allylic oxidation sites excluding steroid dienone is 2. The number of methoxy groups -OCH3 is 1. The minimum atomic E-state index is -4.50. The fourth-order valence-electron chi connectivity index (χ4n) is 2.28. The van der Waals surface area contributed by atoms with Crippen LogP contribution in [0.5, 0.6) is 5.75 Å². The Bertz CT molecular complexity index is 853. The molecule has 0 fully saturated rings. The number of benzene rings is 1. The number of rotatable bonds is 6. The molecule has 29 heavy (non-hydrogen) atoms. The molecule has 7 nitrogen and oxygen atoms in total. The van der Waals surface area contributed by atoms with Gasteiger partial charge in [-0.25, -0.2) is 9.79 Å². The maximum Gasteiger partial charge on any atom is 0.440 e. The van der Waals surface area contributed by atoms with Gasteiger partial charge in [0.1, 0.15) is 5.70 Å². The van der Waals surface area contributed by atoms with Crippen LogP contribution in [0, 0.1) is 5.92 Å². The summed E-state index contributed by atoms with van der Waals surface area (Å²) in [6, 6.07) is 4.67. The van der Waals surface area contributed by atoms with Gasteiger partial charge in [0, 0.05) is 11.5 Å². The fraction of sp³-hybridized carbons (Fsp3) is 0.389. The van der Waals surface area contributed by atoms with Crippen molar-refractivity contribution in [3.8, 4) is 5.75 Å². The predicted octanol–water partition coefficient (Wildman–Crippen LogP) is 4.66. The monoisotopic (exact) mass is 433 g/mol. The molecule has 1 heterocycles. The van der Waals surface area contributed by atoms with Gasteiger partial charge in [0.2, 0.25) is 0 Å². The van der Waals surface area contributed by atoms with Gasteiger partial charge >= 0.3 is 12.3 Å². The molecule has 0 bridgehead atoms. The number of aliphatic imine (C=N–C) groups is 1. The van der Waals surface area contributed by atoms with Crippen molar-refractivity contribution in [3.05, 3.63) is 40.6 Å². The van der Waals surface area contributed by atoms with E-state index >= 15 is 0 Å². The number of carbonyl (C=O) groups excluding carboxylic acids is 1. The van der Waals surface area contributed by atoms with Gasteiger partial charge in [0.25, 0.3) is 0 Å². The topological polar surface area (TPSA) is 81.5 Å². The van der Waals surface area contributed by atoms with Crippen molar-refractivity contribution in [1.82, 2.24) is 5.48 Å². The second-order valence-corrected chi connectivity index (χ2v) is 6.53. The summed E-state index contributed by atoms with van der Waals surface area (Å²) in [5, 5.41) is 4.15. The summed E-state index contributed by atoms with van der Waals surface area (Å²) < 4.78 is 42.8. The average Bonchev–Trinajstić information content (AvgIpc) is 2.67. The van der Waals surface area contributed by atoms with Crippen LogP contribution in [0.25, 0.3) is 0 Å². The Balaban J connectivity index is 2.05. The first kappa shape index (κ1) is 22.5. The Labute approximate surface area is 170 Å². The Kier molecular flexibility index (Phi) is 7.49. The van der Waals surface area contributed by atoms with Gasteiger partial charge in [0.05, 0.1) is 23.6 Å². The van der Waals surface area contributed by atoms with E-state index in [0.717, 1.165) is 6.08 Å². The maximum absolute atomic E-state index is 12.8. The van der Waals surface area contributed by atoms with Gasteiger partial charge in [-0.15, -0.1) is 0 Å². The number of hydrogen-bond acceptors (Lipinski definition) is 6. The first-order valence-electron chi connectivity index (χ1n) is 8.44. The molecule has 0 aromatic heterocycles.